The van der Waals surface area contributed by atoms with Crippen LogP contribution in [-0.2, 0) is 16.2 Å². The molecule has 0 saturated carbocycles. The summed E-state index contributed by atoms with van der Waals surface area (Å²) in [6, 6.07) is 17.8. The smallest absolute Gasteiger partial charge is 0.336 e. The van der Waals surface area contributed by atoms with E-state index in [1.165, 1.54) is 24.3 Å². The summed E-state index contributed by atoms with van der Waals surface area (Å²) >= 11 is 0. The van der Waals surface area contributed by atoms with Crippen molar-refractivity contribution >= 4 is 17.8 Å². The maximum atomic E-state index is 12.4. The minimum absolute atomic E-state index is 0.0379. The minimum Gasteiger partial charge on any atom is -0.490 e. The molecule has 0 atom stereocenters. The van der Waals surface area contributed by atoms with E-state index in [1.807, 2.05) is 36.4 Å². The highest BCUT2D eigenvalue weighted by atomic mass is 16.6. The molecule has 0 heterocycles. The highest BCUT2D eigenvalue weighted by molar-refractivity contribution is 6.05. The number of ether oxygens (including phenoxy) is 4. The van der Waals surface area contributed by atoms with Crippen molar-refractivity contribution in [1.29, 1.82) is 0 Å². The average Bonchev–Trinajstić information content (AvgIpc) is 2.99. The first-order valence-electron chi connectivity index (χ1n) is 12.8. The molecule has 0 saturated heterocycles. The van der Waals surface area contributed by atoms with Crippen LogP contribution in [0.1, 0.15) is 36.6 Å². The molecule has 0 aliphatic rings. The van der Waals surface area contributed by atoms with Gasteiger partial charge in [0.15, 0.2) is 0 Å². The fraction of sp³-hybridized carbons (Fsp3) is 0.233. The molecule has 42 heavy (non-hydrogen) atoms. The molecular weight excluding hydrogens is 548 g/mol. The summed E-state index contributed by atoms with van der Waals surface area (Å²) in [5.74, 6) is -1.61. The summed E-state index contributed by atoms with van der Waals surface area (Å²) in [4.78, 5) is 40.8. The number of benzene rings is 3. The summed E-state index contributed by atoms with van der Waals surface area (Å²) in [6.45, 7) is 1.31. The van der Waals surface area contributed by atoms with E-state index >= 15 is 0 Å². The monoisotopic (exact) mass is 578 g/mol. The van der Waals surface area contributed by atoms with Crippen LogP contribution in [0.15, 0.2) is 66.7 Å². The molecule has 220 valence electrons. The Bertz CT molecular complexity index is 1390. The lowest BCUT2D eigenvalue weighted by Crippen LogP contribution is -2.29. The van der Waals surface area contributed by atoms with E-state index in [-0.39, 0.29) is 62.0 Å². The first kappa shape index (κ1) is 31.4. The molecule has 1 amide bonds. The summed E-state index contributed by atoms with van der Waals surface area (Å²) in [7, 11) is 0. The summed E-state index contributed by atoms with van der Waals surface area (Å²) in [5, 5.41) is 21.4. The maximum absolute atomic E-state index is 12.4. The summed E-state index contributed by atoms with van der Waals surface area (Å²) < 4.78 is 21.6. The molecule has 12 nitrogen and oxygen atoms in total. The number of rotatable bonds is 18. The Morgan fingerprint density at radius 2 is 1.40 bits per heavy atom. The zero-order chi connectivity index (χ0) is 30.2. The third-order valence-corrected chi connectivity index (χ3v) is 5.52. The molecule has 0 spiro atoms. The highest BCUT2D eigenvalue weighted by Gasteiger charge is 2.17. The molecule has 0 bridgehead atoms. The quantitative estimate of drug-likeness (QED) is 0.0997. The van der Waals surface area contributed by atoms with Crippen LogP contribution < -0.4 is 25.0 Å². The Morgan fingerprint density at radius 1 is 0.738 bits per heavy atom. The molecule has 0 aliphatic heterocycles. The van der Waals surface area contributed by atoms with E-state index in [4.69, 9.17) is 30.2 Å². The number of hydroxylamine groups is 1. The van der Waals surface area contributed by atoms with E-state index in [1.54, 1.807) is 12.1 Å². The van der Waals surface area contributed by atoms with Crippen LogP contribution in [0.25, 0.3) is 0 Å². The Morgan fingerprint density at radius 3 is 2.12 bits per heavy atom. The van der Waals surface area contributed by atoms with Crippen LogP contribution >= 0.6 is 0 Å². The van der Waals surface area contributed by atoms with Crippen LogP contribution in [0.3, 0.4) is 0 Å². The Kier molecular flexibility index (Phi) is 12.6. The molecular formula is C30H30N2O10. The molecule has 3 rings (SSSR count). The lowest BCUT2D eigenvalue weighted by atomic mass is 10.1. The SMILES string of the molecule is C#COc1ccc(C(=O)O)c(C(=O)NCCOCCNOCc2cc(OCCOc3ccccc3)ccc2C(=O)O)c1. The first-order valence-corrected chi connectivity index (χ1v) is 12.8. The van der Waals surface area contributed by atoms with Gasteiger partial charge in [-0.05, 0) is 54.1 Å². The predicted molar refractivity (Wildman–Crippen MR) is 150 cm³/mol. The van der Waals surface area contributed by atoms with Crippen molar-refractivity contribution in [3.63, 3.8) is 0 Å². The molecule has 12 heteroatoms. The fourth-order valence-electron chi connectivity index (χ4n) is 3.60. The van der Waals surface area contributed by atoms with E-state index in [9.17, 15) is 24.6 Å². The Hall–Kier alpha value is -5.09. The summed E-state index contributed by atoms with van der Waals surface area (Å²) in [5.41, 5.74) is 2.90. The number of amides is 1. The summed E-state index contributed by atoms with van der Waals surface area (Å²) in [6.07, 6.45) is 7.04. The van der Waals surface area contributed by atoms with Gasteiger partial charge in [-0.2, -0.15) is 5.48 Å². The normalized spacial score (nSPS) is 10.4. The Labute approximate surface area is 242 Å². The average molecular weight is 579 g/mol. The van der Waals surface area contributed by atoms with Gasteiger partial charge in [-0.25, -0.2) is 9.59 Å². The number of hydrogen-bond acceptors (Lipinski definition) is 9. The Balaban J connectivity index is 1.35. The largest absolute Gasteiger partial charge is 0.490 e. The number of aromatic carboxylic acids is 2. The van der Waals surface area contributed by atoms with Crippen LogP contribution in [0, 0.1) is 12.5 Å². The fourth-order valence-corrected chi connectivity index (χ4v) is 3.60. The van der Waals surface area contributed by atoms with E-state index in [0.717, 1.165) is 5.75 Å². The minimum atomic E-state index is -1.27. The molecule has 3 aromatic carbocycles. The lowest BCUT2D eigenvalue weighted by molar-refractivity contribution is 0.00923. The molecule has 0 radical (unpaired) electrons. The van der Waals surface area contributed by atoms with Crippen molar-refractivity contribution in [3.8, 4) is 29.8 Å². The van der Waals surface area contributed by atoms with Gasteiger partial charge in [0.1, 0.15) is 36.6 Å². The number of nitrogens with one attached hydrogen (secondary N) is 2. The number of carboxylic acids is 2. The topological polar surface area (TPSA) is 162 Å². The number of terminal acetylenes is 1. The van der Waals surface area contributed by atoms with Crippen molar-refractivity contribution in [2.45, 2.75) is 6.61 Å². The number of para-hydroxylation sites is 1. The lowest BCUT2D eigenvalue weighted by Gasteiger charge is -2.12. The van der Waals surface area contributed by atoms with Gasteiger partial charge in [0.05, 0.1) is 36.5 Å². The van der Waals surface area contributed by atoms with Gasteiger partial charge in [0, 0.05) is 13.1 Å². The van der Waals surface area contributed by atoms with Gasteiger partial charge in [-0.15, -0.1) is 0 Å². The number of carbonyl (C=O) groups excluding carboxylic acids is 1. The predicted octanol–water partition coefficient (Wildman–Crippen LogP) is 2.98. The van der Waals surface area contributed by atoms with Gasteiger partial charge in [-0.1, -0.05) is 24.6 Å². The standard InChI is InChI=1S/C30H30N2O10/c1-2-39-24-9-11-26(30(36)37)27(19-24)28(33)31-12-14-38-15-13-32-42-20-21-18-23(8-10-25(21)29(34)35)41-17-16-40-22-6-4-3-5-7-22/h1,3-11,18-19,32H,12-17,20H2,(H,31,33)(H,34,35)(H,36,37). The second-order valence-electron chi connectivity index (χ2n) is 8.42. The van der Waals surface area contributed by atoms with Crippen molar-refractivity contribution in [2.24, 2.45) is 0 Å². The molecule has 0 aliphatic carbocycles. The second kappa shape index (κ2) is 16.9. The van der Waals surface area contributed by atoms with Crippen LogP contribution in [0.4, 0.5) is 0 Å². The third-order valence-electron chi connectivity index (χ3n) is 5.52. The first-order chi connectivity index (χ1) is 20.4. The van der Waals surface area contributed by atoms with E-state index in [0.29, 0.717) is 17.9 Å². The molecule has 0 aromatic heterocycles. The van der Waals surface area contributed by atoms with Crippen molar-refractivity contribution in [2.75, 3.05) is 39.5 Å². The van der Waals surface area contributed by atoms with Gasteiger partial charge in [0.2, 0.25) is 0 Å². The van der Waals surface area contributed by atoms with Crippen molar-refractivity contribution in [3.05, 3.63) is 89.0 Å². The third kappa shape index (κ3) is 10.1. The maximum Gasteiger partial charge on any atom is 0.336 e. The second-order valence-corrected chi connectivity index (χ2v) is 8.42. The van der Waals surface area contributed by atoms with Crippen LogP contribution in [0.2, 0.25) is 0 Å². The van der Waals surface area contributed by atoms with Crippen molar-refractivity contribution < 1.29 is 48.4 Å². The number of hydrogen-bond donors (Lipinski definition) is 4. The number of carbonyl (C=O) groups is 3. The highest BCUT2D eigenvalue weighted by Crippen LogP contribution is 2.20. The van der Waals surface area contributed by atoms with E-state index in [2.05, 4.69) is 10.8 Å². The zero-order valence-electron chi connectivity index (χ0n) is 22.5. The zero-order valence-corrected chi connectivity index (χ0v) is 22.5. The van der Waals surface area contributed by atoms with Crippen LogP contribution in [-0.4, -0.2) is 67.6 Å². The molecule has 4 N–H and O–H groups in total. The van der Waals surface area contributed by atoms with Crippen LogP contribution in [0.5, 0.6) is 17.2 Å². The van der Waals surface area contributed by atoms with Gasteiger partial charge in [0.25, 0.3) is 5.91 Å². The van der Waals surface area contributed by atoms with Gasteiger partial charge >= 0.3 is 11.9 Å². The molecule has 0 unspecified atom stereocenters. The number of carboxylic acid groups (broad SMARTS) is 2. The van der Waals surface area contributed by atoms with Gasteiger partial charge < -0.3 is 34.5 Å². The molecule has 0 fully saturated rings. The van der Waals surface area contributed by atoms with Crippen molar-refractivity contribution in [1.82, 2.24) is 10.8 Å². The van der Waals surface area contributed by atoms with E-state index < -0.39 is 17.8 Å². The van der Waals surface area contributed by atoms with Gasteiger partial charge in [-0.3, -0.25) is 9.63 Å². The molecule has 3 aromatic rings.